The third-order valence-electron chi connectivity index (χ3n) is 7.18. The number of hydrogen-bond donors (Lipinski definition) is 2. The number of fused-ring (bicyclic) bond motifs is 1. The molecule has 0 aliphatic heterocycles. The highest BCUT2D eigenvalue weighted by Gasteiger charge is 2.39. The average Bonchev–Trinajstić information content (AvgIpc) is 3.28. The molecule has 1 unspecified atom stereocenters. The fourth-order valence-corrected chi connectivity index (χ4v) is 5.08. The summed E-state index contributed by atoms with van der Waals surface area (Å²) >= 11 is 0. The van der Waals surface area contributed by atoms with Crippen LogP contribution in [0.3, 0.4) is 0 Å². The van der Waals surface area contributed by atoms with Gasteiger partial charge in [-0.05, 0) is 79.6 Å². The Labute approximate surface area is 211 Å². The van der Waals surface area contributed by atoms with E-state index in [0.717, 1.165) is 34.5 Å². The van der Waals surface area contributed by atoms with Gasteiger partial charge in [0, 0.05) is 12.0 Å². The van der Waals surface area contributed by atoms with Gasteiger partial charge in [0.2, 0.25) is 0 Å². The normalized spacial score (nSPS) is 17.8. The second-order valence-corrected chi connectivity index (χ2v) is 9.46. The topological polar surface area (TPSA) is 76.4 Å². The standard InChI is InChI=1S/C29H34FN3O3/c1-4-23-16-26-22(19-32-33(26)25-13-11-24(30)12-14-25)17-29(23,3)27(34)15-10-20-8-6-7-9-21(20)18-31-28(35)36-5-2/h6-9,11-14,16,19,27,34H,4-5,10,15,17-18H2,1-3H3,(H,31,35)/t27-,29?/m0/s1. The fraction of sp³-hybridized carbons (Fsp3) is 0.379. The summed E-state index contributed by atoms with van der Waals surface area (Å²) in [6, 6.07) is 14.3. The molecule has 190 valence electrons. The zero-order valence-electron chi connectivity index (χ0n) is 21.1. The first kappa shape index (κ1) is 25.6. The van der Waals surface area contributed by atoms with Crippen LogP contribution in [0, 0.1) is 11.2 Å². The lowest BCUT2D eigenvalue weighted by atomic mass is 9.67. The van der Waals surface area contributed by atoms with Crippen LogP contribution in [0.1, 0.15) is 56.0 Å². The molecule has 0 radical (unpaired) electrons. The summed E-state index contributed by atoms with van der Waals surface area (Å²) in [6.07, 6.45) is 5.76. The van der Waals surface area contributed by atoms with E-state index in [1.165, 1.54) is 17.7 Å². The van der Waals surface area contributed by atoms with Gasteiger partial charge < -0.3 is 15.2 Å². The van der Waals surface area contributed by atoms with Gasteiger partial charge in [-0.1, -0.05) is 43.7 Å². The Morgan fingerprint density at radius 1 is 1.19 bits per heavy atom. The number of rotatable bonds is 9. The second-order valence-electron chi connectivity index (χ2n) is 9.46. The largest absolute Gasteiger partial charge is 0.450 e. The molecule has 36 heavy (non-hydrogen) atoms. The summed E-state index contributed by atoms with van der Waals surface area (Å²) in [5.41, 5.74) is 5.72. The molecule has 1 amide bonds. The molecule has 2 atom stereocenters. The van der Waals surface area contributed by atoms with E-state index in [-0.39, 0.29) is 5.82 Å². The molecule has 0 spiro atoms. The van der Waals surface area contributed by atoms with Gasteiger partial charge in [-0.3, -0.25) is 0 Å². The molecule has 7 heteroatoms. The predicted octanol–water partition coefficient (Wildman–Crippen LogP) is 5.61. The zero-order valence-corrected chi connectivity index (χ0v) is 21.1. The van der Waals surface area contributed by atoms with Gasteiger partial charge in [0.25, 0.3) is 0 Å². The first-order valence-electron chi connectivity index (χ1n) is 12.5. The number of benzene rings is 2. The molecule has 1 aliphatic rings. The molecule has 0 saturated carbocycles. The van der Waals surface area contributed by atoms with Crippen molar-refractivity contribution in [1.29, 1.82) is 0 Å². The maximum absolute atomic E-state index is 13.4. The number of halogens is 1. The molecule has 1 aromatic heterocycles. The summed E-state index contributed by atoms with van der Waals surface area (Å²) in [5, 5.41) is 18.8. The summed E-state index contributed by atoms with van der Waals surface area (Å²) < 4.78 is 20.2. The van der Waals surface area contributed by atoms with Crippen LogP contribution in [0.15, 0.2) is 60.3 Å². The smallest absolute Gasteiger partial charge is 0.407 e. The number of aliphatic hydroxyl groups is 1. The first-order valence-corrected chi connectivity index (χ1v) is 12.5. The molecule has 4 rings (SSSR count). The Balaban J connectivity index is 1.50. The molecule has 6 nitrogen and oxygen atoms in total. The number of amides is 1. The number of aliphatic hydroxyl groups excluding tert-OH is 1. The molecule has 0 bridgehead atoms. The molecule has 0 fully saturated rings. The quantitative estimate of drug-likeness (QED) is 0.408. The second kappa shape index (κ2) is 11.1. The number of alkyl carbamates (subject to hydrolysis) is 1. The Morgan fingerprint density at radius 3 is 2.61 bits per heavy atom. The minimum atomic E-state index is -0.558. The van der Waals surface area contributed by atoms with Crippen LogP contribution in [0.5, 0.6) is 0 Å². The van der Waals surface area contributed by atoms with E-state index in [0.29, 0.717) is 32.4 Å². The summed E-state index contributed by atoms with van der Waals surface area (Å²) in [5.74, 6) is -0.279. The van der Waals surface area contributed by atoms with Crippen molar-refractivity contribution >= 4 is 12.2 Å². The van der Waals surface area contributed by atoms with E-state index in [1.807, 2.05) is 35.1 Å². The number of nitrogens with zero attached hydrogens (tertiary/aromatic N) is 2. The van der Waals surface area contributed by atoms with E-state index in [4.69, 9.17) is 4.74 Å². The number of ether oxygens (including phenoxy) is 1. The monoisotopic (exact) mass is 491 g/mol. The van der Waals surface area contributed by atoms with Crippen molar-refractivity contribution in [2.75, 3.05) is 6.61 Å². The third-order valence-corrected chi connectivity index (χ3v) is 7.18. The number of aromatic nitrogens is 2. The number of aryl methyl sites for hydroxylation is 1. The van der Waals surface area contributed by atoms with Crippen LogP contribution in [-0.2, 0) is 24.1 Å². The minimum Gasteiger partial charge on any atom is -0.450 e. The van der Waals surface area contributed by atoms with Gasteiger partial charge >= 0.3 is 6.09 Å². The predicted molar refractivity (Wildman–Crippen MR) is 138 cm³/mol. The molecule has 1 aliphatic carbocycles. The van der Waals surface area contributed by atoms with Crippen molar-refractivity contribution < 1.29 is 19.0 Å². The summed E-state index contributed by atoms with van der Waals surface area (Å²) in [6.45, 7) is 6.72. The number of carbonyl (C=O) groups is 1. The van der Waals surface area contributed by atoms with Gasteiger partial charge in [-0.15, -0.1) is 0 Å². The molecule has 2 N–H and O–H groups in total. The van der Waals surface area contributed by atoms with Gasteiger partial charge in [-0.25, -0.2) is 13.9 Å². The minimum absolute atomic E-state index is 0.279. The fourth-order valence-electron chi connectivity index (χ4n) is 5.08. The van der Waals surface area contributed by atoms with E-state index in [1.54, 1.807) is 19.1 Å². The molecular formula is C29H34FN3O3. The molecule has 0 saturated heterocycles. The SMILES string of the molecule is CCOC(=O)NCc1ccccc1CC[C@H](O)C1(C)Cc2cnn(-c3ccc(F)cc3)c2C=C1CC. The van der Waals surface area contributed by atoms with Crippen molar-refractivity contribution in [1.82, 2.24) is 15.1 Å². The maximum Gasteiger partial charge on any atom is 0.407 e. The van der Waals surface area contributed by atoms with Crippen LogP contribution in [-0.4, -0.2) is 33.7 Å². The van der Waals surface area contributed by atoms with Crippen molar-refractivity contribution in [2.24, 2.45) is 5.41 Å². The maximum atomic E-state index is 13.4. The molecule has 2 aromatic carbocycles. The highest BCUT2D eigenvalue weighted by Crippen LogP contribution is 2.44. The Morgan fingerprint density at radius 2 is 1.92 bits per heavy atom. The van der Waals surface area contributed by atoms with E-state index < -0.39 is 17.6 Å². The van der Waals surface area contributed by atoms with Crippen LogP contribution < -0.4 is 5.32 Å². The Bertz CT molecular complexity index is 1230. The van der Waals surface area contributed by atoms with Crippen LogP contribution >= 0.6 is 0 Å². The number of hydrogen-bond acceptors (Lipinski definition) is 4. The van der Waals surface area contributed by atoms with Gasteiger partial charge in [-0.2, -0.15) is 5.10 Å². The lowest BCUT2D eigenvalue weighted by Gasteiger charge is -2.39. The van der Waals surface area contributed by atoms with Crippen molar-refractivity contribution in [2.45, 2.75) is 59.1 Å². The Kier molecular flexibility index (Phi) is 7.89. The van der Waals surface area contributed by atoms with Crippen molar-refractivity contribution in [3.8, 4) is 5.69 Å². The van der Waals surface area contributed by atoms with Crippen molar-refractivity contribution in [3.63, 3.8) is 0 Å². The number of carbonyl (C=O) groups excluding carboxylic acids is 1. The average molecular weight is 492 g/mol. The Hall–Kier alpha value is -3.45. The first-order chi connectivity index (χ1) is 17.4. The van der Waals surface area contributed by atoms with Gasteiger partial charge in [0.15, 0.2) is 0 Å². The van der Waals surface area contributed by atoms with E-state index >= 15 is 0 Å². The lowest BCUT2D eigenvalue weighted by Crippen LogP contribution is -2.38. The number of nitrogens with one attached hydrogen (secondary N) is 1. The zero-order chi connectivity index (χ0) is 25.7. The summed E-state index contributed by atoms with van der Waals surface area (Å²) in [7, 11) is 0. The third kappa shape index (κ3) is 5.36. The van der Waals surface area contributed by atoms with Gasteiger partial charge in [0.05, 0.1) is 30.3 Å². The van der Waals surface area contributed by atoms with Crippen molar-refractivity contribution in [3.05, 3.63) is 88.5 Å². The van der Waals surface area contributed by atoms with Crippen LogP contribution in [0.4, 0.5) is 9.18 Å². The van der Waals surface area contributed by atoms with Gasteiger partial charge in [0.1, 0.15) is 5.82 Å². The van der Waals surface area contributed by atoms with E-state index in [2.05, 4.69) is 30.3 Å². The molecule has 1 heterocycles. The van der Waals surface area contributed by atoms with E-state index in [9.17, 15) is 14.3 Å². The highest BCUT2D eigenvalue weighted by molar-refractivity contribution is 5.67. The van der Waals surface area contributed by atoms with Crippen LogP contribution in [0.25, 0.3) is 11.8 Å². The molecular weight excluding hydrogens is 457 g/mol. The molecule has 3 aromatic rings. The summed E-state index contributed by atoms with van der Waals surface area (Å²) in [4.78, 5) is 11.7. The van der Waals surface area contributed by atoms with Crippen LogP contribution in [0.2, 0.25) is 0 Å². The lowest BCUT2D eigenvalue weighted by molar-refractivity contribution is 0.0531. The highest BCUT2D eigenvalue weighted by atomic mass is 19.1.